The molecule has 0 spiro atoms. The molecule has 2 aliphatic heterocycles. The maximum absolute atomic E-state index is 12.6. The first kappa shape index (κ1) is 18.4. The van der Waals surface area contributed by atoms with E-state index in [1.54, 1.807) is 18.2 Å². The molecule has 0 bridgehead atoms. The van der Waals surface area contributed by atoms with Crippen LogP contribution in [0.25, 0.3) is 0 Å². The number of hydrogen-bond donors (Lipinski definition) is 3. The Morgan fingerprint density at radius 1 is 1.04 bits per heavy atom. The SMILES string of the molecule is COc1ccc2c(c1)OC(O)(O)O2.Fc1ccc(C2CCNCC2)cc1. The molecule has 0 aliphatic carbocycles. The molecule has 0 atom stereocenters. The van der Waals surface area contributed by atoms with E-state index in [1.165, 1.54) is 37.6 Å². The van der Waals surface area contributed by atoms with Crippen LogP contribution >= 0.6 is 0 Å². The Balaban J connectivity index is 0.000000151. The molecule has 0 unspecified atom stereocenters. The second-order valence-corrected chi connectivity index (χ2v) is 6.14. The lowest BCUT2D eigenvalue weighted by Gasteiger charge is -2.22. The van der Waals surface area contributed by atoms with Crippen LogP contribution in [0.2, 0.25) is 0 Å². The Hall–Kier alpha value is -2.35. The van der Waals surface area contributed by atoms with Crippen molar-refractivity contribution in [3.8, 4) is 17.2 Å². The second-order valence-electron chi connectivity index (χ2n) is 6.14. The van der Waals surface area contributed by atoms with E-state index in [9.17, 15) is 4.39 Å². The minimum atomic E-state index is -2.56. The van der Waals surface area contributed by atoms with Gasteiger partial charge in [-0.15, -0.1) is 0 Å². The van der Waals surface area contributed by atoms with E-state index in [0.29, 0.717) is 11.7 Å². The van der Waals surface area contributed by atoms with E-state index in [-0.39, 0.29) is 17.3 Å². The first-order chi connectivity index (χ1) is 12.5. The highest BCUT2D eigenvalue weighted by Crippen LogP contribution is 2.39. The number of nitrogens with one attached hydrogen (secondary N) is 1. The third-order valence-electron chi connectivity index (χ3n) is 4.32. The van der Waals surface area contributed by atoms with Crippen molar-refractivity contribution >= 4 is 0 Å². The molecule has 2 aliphatic rings. The summed E-state index contributed by atoms with van der Waals surface area (Å²) in [5.74, 6) is 1.55. The Morgan fingerprint density at radius 2 is 1.69 bits per heavy atom. The lowest BCUT2D eigenvalue weighted by Crippen LogP contribution is -2.37. The number of halogens is 1. The van der Waals surface area contributed by atoms with E-state index in [4.69, 9.17) is 14.9 Å². The molecule has 6 nitrogen and oxygen atoms in total. The summed E-state index contributed by atoms with van der Waals surface area (Å²) in [5.41, 5.74) is 1.28. The second kappa shape index (κ2) is 7.90. The van der Waals surface area contributed by atoms with Crippen LogP contribution in [0.1, 0.15) is 24.3 Å². The summed E-state index contributed by atoms with van der Waals surface area (Å²) >= 11 is 0. The topological polar surface area (TPSA) is 80.2 Å². The first-order valence-electron chi connectivity index (χ1n) is 8.44. The van der Waals surface area contributed by atoms with Crippen molar-refractivity contribution in [2.45, 2.75) is 24.9 Å². The van der Waals surface area contributed by atoms with Gasteiger partial charge in [-0.05, 0) is 61.7 Å². The van der Waals surface area contributed by atoms with Gasteiger partial charge in [-0.25, -0.2) is 4.39 Å². The maximum atomic E-state index is 12.6. The Morgan fingerprint density at radius 3 is 2.35 bits per heavy atom. The van der Waals surface area contributed by atoms with Gasteiger partial charge in [0, 0.05) is 6.07 Å². The summed E-state index contributed by atoms with van der Waals surface area (Å²) in [6, 6.07) is 11.6. The van der Waals surface area contributed by atoms with Crippen molar-refractivity contribution in [1.82, 2.24) is 5.32 Å². The lowest BCUT2D eigenvalue weighted by atomic mass is 9.90. The Kier molecular flexibility index (Phi) is 5.61. The summed E-state index contributed by atoms with van der Waals surface area (Å²) in [4.78, 5) is 0. The molecule has 1 fully saturated rings. The van der Waals surface area contributed by atoms with Crippen molar-refractivity contribution in [3.63, 3.8) is 0 Å². The molecule has 7 heteroatoms. The number of piperidine rings is 1. The van der Waals surface area contributed by atoms with E-state index in [2.05, 4.69) is 14.8 Å². The van der Waals surface area contributed by atoms with Gasteiger partial charge in [0.05, 0.1) is 7.11 Å². The van der Waals surface area contributed by atoms with Gasteiger partial charge >= 0.3 is 6.16 Å². The molecule has 2 heterocycles. The largest absolute Gasteiger partial charge is 0.505 e. The van der Waals surface area contributed by atoms with Gasteiger partial charge in [0.15, 0.2) is 11.5 Å². The number of fused-ring (bicyclic) bond motifs is 1. The molecular formula is C19H22FNO5. The minimum absolute atomic E-state index is 0.141. The zero-order valence-corrected chi connectivity index (χ0v) is 14.4. The lowest BCUT2D eigenvalue weighted by molar-refractivity contribution is -0.385. The van der Waals surface area contributed by atoms with E-state index >= 15 is 0 Å². The number of hydrogen-bond acceptors (Lipinski definition) is 6. The van der Waals surface area contributed by atoms with E-state index in [0.717, 1.165) is 13.1 Å². The number of benzene rings is 2. The third kappa shape index (κ3) is 4.63. The molecule has 2 aromatic rings. The highest BCUT2D eigenvalue weighted by molar-refractivity contribution is 5.47. The highest BCUT2D eigenvalue weighted by Gasteiger charge is 2.38. The summed E-state index contributed by atoms with van der Waals surface area (Å²) in [6.07, 6.45) is -0.216. The number of methoxy groups -OCH3 is 1. The average Bonchev–Trinajstić information content (AvgIpc) is 2.96. The fourth-order valence-electron chi connectivity index (χ4n) is 2.98. The van der Waals surface area contributed by atoms with Crippen LogP contribution in [0.15, 0.2) is 42.5 Å². The van der Waals surface area contributed by atoms with Crippen LogP contribution < -0.4 is 19.5 Å². The van der Waals surface area contributed by atoms with Crippen LogP contribution in [0.4, 0.5) is 4.39 Å². The fourth-order valence-corrected chi connectivity index (χ4v) is 2.98. The molecule has 0 saturated carbocycles. The van der Waals surface area contributed by atoms with Crippen LogP contribution in [-0.4, -0.2) is 36.6 Å². The van der Waals surface area contributed by atoms with E-state index in [1.807, 2.05) is 12.1 Å². The number of ether oxygens (including phenoxy) is 3. The van der Waals surface area contributed by atoms with Crippen molar-refractivity contribution < 1.29 is 28.8 Å². The van der Waals surface area contributed by atoms with Gasteiger partial charge < -0.3 is 19.5 Å². The van der Waals surface area contributed by atoms with Gasteiger partial charge in [0.1, 0.15) is 11.6 Å². The maximum Gasteiger partial charge on any atom is 0.505 e. The number of aliphatic hydroxyl groups is 2. The monoisotopic (exact) mass is 363 g/mol. The van der Waals surface area contributed by atoms with Crippen LogP contribution in [0.5, 0.6) is 17.2 Å². The predicted octanol–water partition coefficient (Wildman–Crippen LogP) is 2.36. The first-order valence-corrected chi connectivity index (χ1v) is 8.44. The molecule has 0 amide bonds. The van der Waals surface area contributed by atoms with Crippen molar-refractivity contribution in [2.75, 3.05) is 20.2 Å². The normalized spacial score (nSPS) is 18.0. The quantitative estimate of drug-likeness (QED) is 0.711. The molecule has 4 rings (SSSR count). The molecule has 3 N–H and O–H groups in total. The fraction of sp³-hybridized carbons (Fsp3) is 0.368. The van der Waals surface area contributed by atoms with Crippen LogP contribution in [-0.2, 0) is 0 Å². The van der Waals surface area contributed by atoms with Gasteiger partial charge in [-0.2, -0.15) is 0 Å². The zero-order valence-electron chi connectivity index (χ0n) is 14.4. The third-order valence-corrected chi connectivity index (χ3v) is 4.32. The van der Waals surface area contributed by atoms with Gasteiger partial charge in [-0.1, -0.05) is 12.1 Å². The van der Waals surface area contributed by atoms with Crippen molar-refractivity contribution in [1.29, 1.82) is 0 Å². The molecule has 140 valence electrons. The average molecular weight is 363 g/mol. The molecule has 2 aromatic carbocycles. The smallest absolute Gasteiger partial charge is 0.497 e. The Bertz CT molecular complexity index is 729. The summed E-state index contributed by atoms with van der Waals surface area (Å²) in [5, 5.41) is 21.2. The molecule has 0 aromatic heterocycles. The molecular weight excluding hydrogens is 341 g/mol. The van der Waals surface area contributed by atoms with Gasteiger partial charge in [0.25, 0.3) is 0 Å². The Labute approximate surface area is 151 Å². The standard InChI is InChI=1S/C11H14FN.C8H8O5/c12-11-3-1-9(2-4-11)10-5-7-13-8-6-10;1-11-5-2-3-6-7(4-5)13-8(9,10)12-6/h1-4,10,13H,5-8H2;2-4,9-10H,1H3. The predicted molar refractivity (Wildman–Crippen MR) is 92.7 cm³/mol. The highest BCUT2D eigenvalue weighted by atomic mass is 19.1. The van der Waals surface area contributed by atoms with Gasteiger partial charge in [-0.3, -0.25) is 10.2 Å². The number of rotatable bonds is 2. The summed E-state index contributed by atoms with van der Waals surface area (Å²) < 4.78 is 26.8. The van der Waals surface area contributed by atoms with Crippen molar-refractivity contribution in [2.24, 2.45) is 0 Å². The van der Waals surface area contributed by atoms with Crippen LogP contribution in [0.3, 0.4) is 0 Å². The van der Waals surface area contributed by atoms with Crippen molar-refractivity contribution in [3.05, 3.63) is 53.8 Å². The molecule has 26 heavy (non-hydrogen) atoms. The van der Waals surface area contributed by atoms with Crippen LogP contribution in [0, 0.1) is 5.82 Å². The summed E-state index contributed by atoms with van der Waals surface area (Å²) in [6.45, 7) is 2.17. The van der Waals surface area contributed by atoms with E-state index < -0.39 is 6.16 Å². The molecule has 1 saturated heterocycles. The van der Waals surface area contributed by atoms with Gasteiger partial charge in [0.2, 0.25) is 0 Å². The zero-order chi connectivity index (χ0) is 18.6. The minimum Gasteiger partial charge on any atom is -0.497 e. The summed E-state index contributed by atoms with van der Waals surface area (Å²) in [7, 11) is 1.50. The molecule has 0 radical (unpaired) electrons.